The summed E-state index contributed by atoms with van der Waals surface area (Å²) in [5, 5.41) is 25.3. The number of para-hydroxylation sites is 1. The molecular formula is C29H26N6O5. The Bertz CT molecular complexity index is 1660. The predicted octanol–water partition coefficient (Wildman–Crippen LogP) is 5.29. The number of nitro groups is 1. The first-order valence-corrected chi connectivity index (χ1v) is 12.4. The average molecular weight is 539 g/mol. The van der Waals surface area contributed by atoms with E-state index in [2.05, 4.69) is 21.0 Å². The molecule has 11 nitrogen and oxygen atoms in total. The molecule has 202 valence electrons. The van der Waals surface area contributed by atoms with Gasteiger partial charge in [-0.15, -0.1) is 0 Å². The molecule has 1 aliphatic rings. The molecule has 4 aromatic rings. The summed E-state index contributed by atoms with van der Waals surface area (Å²) in [5.74, 6) is 0.0415. The van der Waals surface area contributed by atoms with Crippen molar-refractivity contribution in [1.82, 2.24) is 9.78 Å². The van der Waals surface area contributed by atoms with Crippen molar-refractivity contribution < 1.29 is 19.2 Å². The summed E-state index contributed by atoms with van der Waals surface area (Å²) in [5.41, 5.74) is 3.04. The maximum Gasteiger partial charge on any atom is 0.275 e. The average Bonchev–Trinajstić information content (AvgIpc) is 3.36. The Labute approximate surface area is 229 Å². The molecule has 40 heavy (non-hydrogen) atoms. The number of carbonyl (C=O) groups excluding carboxylic acids is 2. The second-order valence-electron chi connectivity index (χ2n) is 9.24. The van der Waals surface area contributed by atoms with Crippen molar-refractivity contribution in [3.63, 3.8) is 0 Å². The summed E-state index contributed by atoms with van der Waals surface area (Å²) in [7, 11) is 1.55. The molecule has 2 amide bonds. The lowest BCUT2D eigenvalue weighted by Gasteiger charge is -2.30. The molecule has 0 radical (unpaired) electrons. The van der Waals surface area contributed by atoms with Crippen LogP contribution in [-0.2, 0) is 4.79 Å². The second-order valence-corrected chi connectivity index (χ2v) is 9.24. The van der Waals surface area contributed by atoms with Gasteiger partial charge in [0.15, 0.2) is 0 Å². The van der Waals surface area contributed by atoms with E-state index in [9.17, 15) is 19.7 Å². The van der Waals surface area contributed by atoms with E-state index >= 15 is 0 Å². The van der Waals surface area contributed by atoms with Gasteiger partial charge in [-0.1, -0.05) is 24.3 Å². The maximum atomic E-state index is 13.7. The standard InChI is InChI=1S/C29H26N6O5/c1-17-7-6-8-20(15-17)33-28(36)23-16-30-34-26(22-9-4-5-10-24(22)35(38)39)25(18(2)31-27(23)34)29(37)32-19-11-13-21(40-3)14-12-19/h4-16,26,31H,1-3H3,(H,32,37)(H,33,36). The molecule has 1 aliphatic heterocycles. The first kappa shape index (κ1) is 26.2. The van der Waals surface area contributed by atoms with Gasteiger partial charge in [0.2, 0.25) is 0 Å². The SMILES string of the molecule is COc1ccc(NC(=O)C2=C(C)Nc3c(C(=O)Nc4cccc(C)c4)cnn3C2c2ccccc2[N+](=O)[O-])cc1. The van der Waals surface area contributed by atoms with Gasteiger partial charge in [-0.2, -0.15) is 5.10 Å². The Hall–Kier alpha value is -5.45. The van der Waals surface area contributed by atoms with Crippen molar-refractivity contribution in [2.24, 2.45) is 0 Å². The van der Waals surface area contributed by atoms with Crippen LogP contribution in [0.25, 0.3) is 0 Å². The van der Waals surface area contributed by atoms with Crippen LogP contribution in [0.3, 0.4) is 0 Å². The molecule has 0 saturated carbocycles. The van der Waals surface area contributed by atoms with Gasteiger partial charge in [0.25, 0.3) is 17.5 Å². The summed E-state index contributed by atoms with van der Waals surface area (Å²) < 4.78 is 6.62. The van der Waals surface area contributed by atoms with Crippen LogP contribution in [0.5, 0.6) is 5.75 Å². The molecule has 0 aliphatic carbocycles. The fourth-order valence-corrected chi connectivity index (χ4v) is 4.68. The minimum atomic E-state index is -0.989. The lowest BCUT2D eigenvalue weighted by Crippen LogP contribution is -2.32. The molecule has 1 atom stereocenters. The first-order valence-electron chi connectivity index (χ1n) is 12.4. The normalized spacial score (nSPS) is 14.1. The quantitative estimate of drug-likeness (QED) is 0.215. The Balaban J connectivity index is 1.57. The van der Waals surface area contributed by atoms with E-state index in [-0.39, 0.29) is 22.4 Å². The van der Waals surface area contributed by atoms with E-state index in [4.69, 9.17) is 4.74 Å². The topological polar surface area (TPSA) is 140 Å². The molecule has 11 heteroatoms. The Morgan fingerprint density at radius 1 is 0.975 bits per heavy atom. The third kappa shape index (κ3) is 4.99. The molecule has 0 bridgehead atoms. The summed E-state index contributed by atoms with van der Waals surface area (Å²) in [6.45, 7) is 3.60. The van der Waals surface area contributed by atoms with Crippen molar-refractivity contribution in [1.29, 1.82) is 0 Å². The highest BCUT2D eigenvalue weighted by atomic mass is 16.6. The molecule has 3 N–H and O–H groups in total. The highest BCUT2D eigenvalue weighted by Gasteiger charge is 2.38. The fraction of sp³-hybridized carbons (Fsp3) is 0.138. The number of aromatic nitrogens is 2. The van der Waals surface area contributed by atoms with Crippen molar-refractivity contribution in [2.75, 3.05) is 23.1 Å². The van der Waals surface area contributed by atoms with Gasteiger partial charge >= 0.3 is 0 Å². The van der Waals surface area contributed by atoms with Crippen molar-refractivity contribution >= 4 is 34.7 Å². The van der Waals surface area contributed by atoms with E-state index in [0.717, 1.165) is 5.56 Å². The molecule has 1 unspecified atom stereocenters. The summed E-state index contributed by atoms with van der Waals surface area (Å²) in [4.78, 5) is 38.5. The molecule has 5 rings (SSSR count). The van der Waals surface area contributed by atoms with Gasteiger partial charge in [0.1, 0.15) is 23.2 Å². The highest BCUT2D eigenvalue weighted by Crippen LogP contribution is 2.41. The van der Waals surface area contributed by atoms with Crippen molar-refractivity contribution in [3.8, 4) is 5.75 Å². The lowest BCUT2D eigenvalue weighted by atomic mass is 9.93. The van der Waals surface area contributed by atoms with Crippen LogP contribution in [-0.4, -0.2) is 33.6 Å². The zero-order valence-electron chi connectivity index (χ0n) is 22.0. The smallest absolute Gasteiger partial charge is 0.275 e. The highest BCUT2D eigenvalue weighted by molar-refractivity contribution is 6.09. The van der Waals surface area contributed by atoms with Crippen LogP contribution in [0.2, 0.25) is 0 Å². The monoisotopic (exact) mass is 538 g/mol. The molecule has 3 aromatic carbocycles. The van der Waals surface area contributed by atoms with Crippen LogP contribution in [0.1, 0.15) is 34.5 Å². The number of aryl methyl sites for hydroxylation is 1. The van der Waals surface area contributed by atoms with Crippen molar-refractivity contribution in [3.05, 3.63) is 117 Å². The minimum Gasteiger partial charge on any atom is -0.497 e. The van der Waals surface area contributed by atoms with Gasteiger partial charge in [0, 0.05) is 23.1 Å². The van der Waals surface area contributed by atoms with Gasteiger partial charge < -0.3 is 20.7 Å². The number of nitrogens with one attached hydrogen (secondary N) is 3. The number of methoxy groups -OCH3 is 1. The third-order valence-corrected chi connectivity index (χ3v) is 6.56. The molecule has 0 saturated heterocycles. The predicted molar refractivity (Wildman–Crippen MR) is 151 cm³/mol. The van der Waals surface area contributed by atoms with Crippen LogP contribution in [0.4, 0.5) is 22.9 Å². The number of amides is 2. The number of anilines is 3. The van der Waals surface area contributed by atoms with Gasteiger partial charge in [-0.05, 0) is 61.9 Å². The maximum absolute atomic E-state index is 13.7. The van der Waals surface area contributed by atoms with Gasteiger partial charge in [-0.25, -0.2) is 4.68 Å². The lowest BCUT2D eigenvalue weighted by molar-refractivity contribution is -0.385. The fourth-order valence-electron chi connectivity index (χ4n) is 4.68. The van der Waals surface area contributed by atoms with Crippen LogP contribution in [0.15, 0.2) is 90.3 Å². The number of nitrogens with zero attached hydrogens (tertiary/aromatic N) is 3. The largest absolute Gasteiger partial charge is 0.497 e. The second kappa shape index (κ2) is 10.7. The number of allylic oxidation sites excluding steroid dienone is 1. The first-order chi connectivity index (χ1) is 19.3. The third-order valence-electron chi connectivity index (χ3n) is 6.56. The van der Waals surface area contributed by atoms with Crippen LogP contribution >= 0.6 is 0 Å². The summed E-state index contributed by atoms with van der Waals surface area (Å²) >= 11 is 0. The summed E-state index contributed by atoms with van der Waals surface area (Å²) in [6, 6.07) is 19.4. The molecule has 1 aromatic heterocycles. The van der Waals surface area contributed by atoms with E-state index in [1.165, 1.54) is 16.9 Å². The van der Waals surface area contributed by atoms with Crippen molar-refractivity contribution in [2.45, 2.75) is 19.9 Å². The van der Waals surface area contributed by atoms with Gasteiger partial charge in [-0.3, -0.25) is 19.7 Å². The van der Waals surface area contributed by atoms with E-state index < -0.39 is 22.8 Å². The molecule has 0 fully saturated rings. The Kier molecular flexibility index (Phi) is 7.02. The Morgan fingerprint density at radius 3 is 2.40 bits per heavy atom. The summed E-state index contributed by atoms with van der Waals surface area (Å²) in [6.07, 6.45) is 1.38. The van der Waals surface area contributed by atoms with E-state index in [1.54, 1.807) is 62.6 Å². The van der Waals surface area contributed by atoms with Crippen LogP contribution < -0.4 is 20.7 Å². The van der Waals surface area contributed by atoms with E-state index in [1.807, 2.05) is 25.1 Å². The minimum absolute atomic E-state index is 0.177. The molecule has 2 heterocycles. The number of nitro benzene ring substituents is 1. The number of fused-ring (bicyclic) bond motifs is 1. The zero-order chi connectivity index (χ0) is 28.4. The molecule has 0 spiro atoms. The number of carbonyl (C=O) groups is 2. The number of benzene rings is 3. The van der Waals surface area contributed by atoms with Crippen LogP contribution in [0, 0.1) is 17.0 Å². The number of ether oxygens (including phenoxy) is 1. The Morgan fingerprint density at radius 2 is 1.70 bits per heavy atom. The number of hydrogen-bond donors (Lipinski definition) is 3. The van der Waals surface area contributed by atoms with E-state index in [0.29, 0.717) is 28.6 Å². The molecular weight excluding hydrogens is 512 g/mol. The van der Waals surface area contributed by atoms with Gasteiger partial charge in [0.05, 0.1) is 29.4 Å². The zero-order valence-corrected chi connectivity index (χ0v) is 22.0. The number of hydrogen-bond acceptors (Lipinski definition) is 7. The number of rotatable bonds is 7.